The monoisotopic (exact) mass is 293 g/mol. The fourth-order valence-corrected chi connectivity index (χ4v) is 3.36. The number of rotatable bonds is 4. The fraction of sp³-hybridized carbons (Fsp3) is 0.211. The maximum absolute atomic E-state index is 4.45. The highest BCUT2D eigenvalue weighted by Crippen LogP contribution is 2.33. The first kappa shape index (κ1) is 14.2. The van der Waals surface area contributed by atoms with Gasteiger partial charge in [0.15, 0.2) is 0 Å². The molecule has 1 heterocycles. The van der Waals surface area contributed by atoms with Crippen molar-refractivity contribution in [2.75, 3.05) is 6.26 Å². The number of allylic oxidation sites excluding steroid dienone is 1. The third-order valence-electron chi connectivity index (χ3n) is 3.86. The van der Waals surface area contributed by atoms with Gasteiger partial charge in [0.2, 0.25) is 0 Å². The van der Waals surface area contributed by atoms with E-state index in [1.807, 2.05) is 6.20 Å². The van der Waals surface area contributed by atoms with E-state index in [1.54, 1.807) is 11.8 Å². The molecule has 0 spiro atoms. The Morgan fingerprint density at radius 1 is 1.10 bits per heavy atom. The van der Waals surface area contributed by atoms with Gasteiger partial charge in [-0.2, -0.15) is 0 Å². The molecular weight excluding hydrogens is 274 g/mol. The molecule has 1 aliphatic rings. The summed E-state index contributed by atoms with van der Waals surface area (Å²) in [5, 5.41) is 0. The predicted molar refractivity (Wildman–Crippen MR) is 93.3 cm³/mol. The Morgan fingerprint density at radius 2 is 1.95 bits per heavy atom. The zero-order chi connectivity index (χ0) is 14.7. The number of hydrogen-bond acceptors (Lipinski definition) is 2. The average molecular weight is 293 g/mol. The molecule has 1 aliphatic heterocycles. The second-order valence-electron chi connectivity index (χ2n) is 5.09. The van der Waals surface area contributed by atoms with E-state index >= 15 is 0 Å². The lowest BCUT2D eigenvalue weighted by molar-refractivity contribution is 1.14. The van der Waals surface area contributed by atoms with Crippen LogP contribution < -0.4 is 0 Å². The molecule has 0 unspecified atom stereocenters. The Balaban J connectivity index is 2.07. The van der Waals surface area contributed by atoms with Crippen molar-refractivity contribution in [2.24, 2.45) is 4.99 Å². The third-order valence-corrected chi connectivity index (χ3v) is 4.66. The number of hydrogen-bond donors (Lipinski definition) is 0. The average Bonchev–Trinajstić information content (AvgIpc) is 3.08. The first-order valence-electron chi connectivity index (χ1n) is 7.32. The van der Waals surface area contributed by atoms with E-state index < -0.39 is 0 Å². The number of aliphatic imine (C=N–C) groups is 1. The number of thioether (sulfide) groups is 1. The van der Waals surface area contributed by atoms with Crippen LogP contribution in [-0.2, 0) is 6.42 Å². The number of nitrogens with zero attached hydrogens (tertiary/aromatic N) is 1. The highest BCUT2D eigenvalue weighted by molar-refractivity contribution is 7.98. The van der Waals surface area contributed by atoms with Crippen LogP contribution in [0.5, 0.6) is 0 Å². The topological polar surface area (TPSA) is 12.4 Å². The van der Waals surface area contributed by atoms with Crippen molar-refractivity contribution in [3.63, 3.8) is 0 Å². The SMILES string of the molecule is CCc1cc(C2=NC=CC2)ccc1-c1ccccc1SC. The Hall–Kier alpha value is -1.80. The van der Waals surface area contributed by atoms with Gasteiger partial charge in [0.05, 0.1) is 5.71 Å². The summed E-state index contributed by atoms with van der Waals surface area (Å²) in [4.78, 5) is 5.78. The minimum atomic E-state index is 0.948. The van der Waals surface area contributed by atoms with Crippen LogP contribution in [0.2, 0.25) is 0 Å². The number of benzene rings is 2. The summed E-state index contributed by atoms with van der Waals surface area (Å²) in [6, 6.07) is 15.4. The van der Waals surface area contributed by atoms with Crippen LogP contribution in [0.1, 0.15) is 24.5 Å². The molecule has 2 aromatic rings. The highest BCUT2D eigenvalue weighted by Gasteiger charge is 2.11. The molecule has 21 heavy (non-hydrogen) atoms. The molecular formula is C19H19NS. The van der Waals surface area contributed by atoms with E-state index in [0.717, 1.165) is 12.8 Å². The third kappa shape index (κ3) is 2.81. The highest BCUT2D eigenvalue weighted by atomic mass is 32.2. The summed E-state index contributed by atoms with van der Waals surface area (Å²) >= 11 is 1.81. The maximum Gasteiger partial charge on any atom is 0.0514 e. The molecule has 0 amide bonds. The van der Waals surface area contributed by atoms with E-state index in [9.17, 15) is 0 Å². The van der Waals surface area contributed by atoms with Crippen molar-refractivity contribution in [1.82, 2.24) is 0 Å². The molecule has 0 saturated heterocycles. The Kier molecular flexibility index (Phi) is 4.26. The summed E-state index contributed by atoms with van der Waals surface area (Å²) < 4.78 is 0. The molecule has 1 nitrogen and oxygen atoms in total. The summed E-state index contributed by atoms with van der Waals surface area (Å²) in [7, 11) is 0. The first-order chi connectivity index (χ1) is 10.3. The Labute approximate surface area is 130 Å². The van der Waals surface area contributed by atoms with Gasteiger partial charge in [-0.3, -0.25) is 4.99 Å². The van der Waals surface area contributed by atoms with Crippen molar-refractivity contribution < 1.29 is 0 Å². The molecule has 106 valence electrons. The second kappa shape index (κ2) is 6.31. The lowest BCUT2D eigenvalue weighted by Gasteiger charge is -2.13. The minimum absolute atomic E-state index is 0.948. The van der Waals surface area contributed by atoms with Crippen molar-refractivity contribution in [3.8, 4) is 11.1 Å². The molecule has 2 heteroatoms. The standard InChI is InChI=1S/C19H19NS/c1-3-14-13-15(18-8-6-12-20-18)10-11-16(14)17-7-4-5-9-19(17)21-2/h4-7,9-13H,3,8H2,1-2H3. The van der Waals surface area contributed by atoms with Gasteiger partial charge >= 0.3 is 0 Å². The Morgan fingerprint density at radius 3 is 2.67 bits per heavy atom. The molecule has 2 aromatic carbocycles. The van der Waals surface area contributed by atoms with Gasteiger partial charge in [0.1, 0.15) is 0 Å². The van der Waals surface area contributed by atoms with E-state index in [0.29, 0.717) is 0 Å². The first-order valence-corrected chi connectivity index (χ1v) is 8.54. The quantitative estimate of drug-likeness (QED) is 0.693. The van der Waals surface area contributed by atoms with Gasteiger partial charge in [0, 0.05) is 17.5 Å². The summed E-state index contributed by atoms with van der Waals surface area (Å²) in [6.45, 7) is 2.22. The lowest BCUT2D eigenvalue weighted by Crippen LogP contribution is -1.99. The molecule has 0 radical (unpaired) electrons. The summed E-state index contributed by atoms with van der Waals surface area (Å²) in [6.07, 6.45) is 8.13. The molecule has 0 aromatic heterocycles. The molecule has 0 fully saturated rings. The zero-order valence-corrected chi connectivity index (χ0v) is 13.3. The van der Waals surface area contributed by atoms with Gasteiger partial charge in [0.25, 0.3) is 0 Å². The zero-order valence-electron chi connectivity index (χ0n) is 12.5. The van der Waals surface area contributed by atoms with Crippen LogP contribution in [0, 0.1) is 0 Å². The van der Waals surface area contributed by atoms with Crippen LogP contribution in [-0.4, -0.2) is 12.0 Å². The van der Waals surface area contributed by atoms with Crippen molar-refractivity contribution in [1.29, 1.82) is 0 Å². The summed E-state index contributed by atoms with van der Waals surface area (Å²) in [5.74, 6) is 0. The molecule has 0 bridgehead atoms. The van der Waals surface area contributed by atoms with E-state index in [4.69, 9.17) is 0 Å². The van der Waals surface area contributed by atoms with Crippen molar-refractivity contribution in [2.45, 2.75) is 24.7 Å². The van der Waals surface area contributed by atoms with Crippen molar-refractivity contribution >= 4 is 17.5 Å². The predicted octanol–water partition coefficient (Wildman–Crippen LogP) is 5.34. The maximum atomic E-state index is 4.45. The Bertz CT molecular complexity index is 713. The van der Waals surface area contributed by atoms with Crippen LogP contribution in [0.4, 0.5) is 0 Å². The fourth-order valence-electron chi connectivity index (χ4n) is 2.75. The van der Waals surface area contributed by atoms with Crippen LogP contribution >= 0.6 is 11.8 Å². The van der Waals surface area contributed by atoms with Gasteiger partial charge < -0.3 is 0 Å². The van der Waals surface area contributed by atoms with Crippen LogP contribution in [0.15, 0.2) is 64.6 Å². The van der Waals surface area contributed by atoms with Crippen LogP contribution in [0.3, 0.4) is 0 Å². The smallest absolute Gasteiger partial charge is 0.0514 e. The van der Waals surface area contributed by atoms with Gasteiger partial charge in [-0.15, -0.1) is 11.8 Å². The number of aryl methyl sites for hydroxylation is 1. The molecule has 0 N–H and O–H groups in total. The van der Waals surface area contributed by atoms with Crippen LogP contribution in [0.25, 0.3) is 11.1 Å². The molecule has 0 atom stereocenters. The van der Waals surface area contributed by atoms with Crippen molar-refractivity contribution in [3.05, 3.63) is 65.9 Å². The summed E-state index contributed by atoms with van der Waals surface area (Å²) in [5.41, 5.74) is 6.50. The normalized spacial score (nSPS) is 13.5. The van der Waals surface area contributed by atoms with E-state index in [1.165, 1.54) is 32.9 Å². The minimum Gasteiger partial charge on any atom is -0.261 e. The largest absolute Gasteiger partial charge is 0.261 e. The lowest BCUT2D eigenvalue weighted by atomic mass is 9.94. The van der Waals surface area contributed by atoms with Gasteiger partial charge in [-0.05, 0) is 47.1 Å². The van der Waals surface area contributed by atoms with E-state index in [2.05, 4.69) is 66.7 Å². The molecule has 0 aliphatic carbocycles. The van der Waals surface area contributed by atoms with E-state index in [-0.39, 0.29) is 0 Å². The molecule has 3 rings (SSSR count). The second-order valence-corrected chi connectivity index (χ2v) is 5.94. The molecule has 0 saturated carbocycles. The van der Waals surface area contributed by atoms with Gasteiger partial charge in [-0.1, -0.05) is 43.3 Å². The van der Waals surface area contributed by atoms with Gasteiger partial charge in [-0.25, -0.2) is 0 Å².